The fourth-order valence-electron chi connectivity index (χ4n) is 1.06. The first-order valence-corrected chi connectivity index (χ1v) is 3.79. The maximum Gasteiger partial charge on any atom is 0.259 e. The third-order valence-electron chi connectivity index (χ3n) is 1.72. The number of epoxide rings is 1. The van der Waals surface area contributed by atoms with Gasteiger partial charge in [0.05, 0.1) is 6.07 Å². The predicted molar refractivity (Wildman–Crippen MR) is 40.8 cm³/mol. The molecule has 1 aliphatic heterocycles. The van der Waals surface area contributed by atoms with Gasteiger partial charge in [-0.15, -0.1) is 0 Å². The maximum absolute atomic E-state index is 8.66. The van der Waals surface area contributed by atoms with Crippen molar-refractivity contribution in [2.45, 2.75) is 5.06 Å². The summed E-state index contributed by atoms with van der Waals surface area (Å²) < 4.78 is 5.01. The normalized spacial score (nSPS) is 39.2. The fraction of sp³-hybridized carbons (Fsp3) is 0.286. The quantitative estimate of drug-likeness (QED) is 0.431. The van der Waals surface area contributed by atoms with Crippen molar-refractivity contribution < 1.29 is 4.74 Å². The smallest absolute Gasteiger partial charge is 0.259 e. The third kappa shape index (κ3) is 0.786. The summed E-state index contributed by atoms with van der Waals surface area (Å²) in [5.74, 6) is 0.0842. The molecule has 2 rings (SSSR count). The van der Waals surface area contributed by atoms with Gasteiger partial charge in [-0.3, -0.25) is 0 Å². The summed E-state index contributed by atoms with van der Waals surface area (Å²) in [6, 6.07) is 1.99. The first kappa shape index (κ1) is 7.02. The zero-order valence-corrected chi connectivity index (χ0v) is 6.86. The van der Waals surface area contributed by atoms with Crippen molar-refractivity contribution in [1.82, 2.24) is 0 Å². The van der Waals surface area contributed by atoms with Gasteiger partial charge in [0.25, 0.3) is 5.06 Å². The molecule has 1 fully saturated rings. The molecule has 0 spiro atoms. The molecule has 2 unspecified atom stereocenters. The van der Waals surface area contributed by atoms with Gasteiger partial charge in [0.2, 0.25) is 0 Å². The van der Waals surface area contributed by atoms with Crippen LogP contribution in [-0.4, -0.2) is 5.06 Å². The van der Waals surface area contributed by atoms with Crippen LogP contribution in [-0.2, 0) is 4.74 Å². The Morgan fingerprint density at radius 2 is 2.36 bits per heavy atom. The van der Waals surface area contributed by atoms with Gasteiger partial charge >= 0.3 is 0 Å². The van der Waals surface area contributed by atoms with Crippen LogP contribution in [0.1, 0.15) is 0 Å². The van der Waals surface area contributed by atoms with Crippen molar-refractivity contribution in [3.63, 3.8) is 0 Å². The standard InChI is InChI=1S/C7H3Cl2NO/c8-5-1-2-6-7(9,11-6)4(5)3-10/h1-2,4H. The molecular formula is C7H3Cl2NO. The first-order valence-electron chi connectivity index (χ1n) is 3.04. The molecule has 1 heterocycles. The number of rotatable bonds is 0. The Balaban J connectivity index is 2.41. The van der Waals surface area contributed by atoms with E-state index in [-0.39, 0.29) is 0 Å². The number of nitrogens with zero attached hydrogens (tertiary/aromatic N) is 1. The summed E-state index contributed by atoms with van der Waals surface area (Å²) in [5, 5.41) is 8.15. The van der Waals surface area contributed by atoms with Crippen molar-refractivity contribution in [3.8, 4) is 6.07 Å². The van der Waals surface area contributed by atoms with Crippen LogP contribution < -0.4 is 0 Å². The largest absolute Gasteiger partial charge is 0.461 e. The number of ether oxygens (including phenoxy) is 1. The molecule has 2 aliphatic rings. The van der Waals surface area contributed by atoms with Crippen LogP contribution in [0.15, 0.2) is 22.9 Å². The molecule has 0 N–H and O–H groups in total. The number of alkyl halides is 1. The Hall–Kier alpha value is -0.650. The van der Waals surface area contributed by atoms with Crippen molar-refractivity contribution in [3.05, 3.63) is 22.9 Å². The van der Waals surface area contributed by atoms with E-state index in [1.165, 1.54) is 0 Å². The summed E-state index contributed by atoms with van der Waals surface area (Å²) >= 11 is 11.6. The highest BCUT2D eigenvalue weighted by atomic mass is 35.5. The van der Waals surface area contributed by atoms with Crippen LogP contribution >= 0.6 is 23.2 Å². The van der Waals surface area contributed by atoms with E-state index in [0.717, 1.165) is 0 Å². The topological polar surface area (TPSA) is 36.3 Å². The second-order valence-corrected chi connectivity index (χ2v) is 3.39. The van der Waals surface area contributed by atoms with Crippen LogP contribution in [0.2, 0.25) is 0 Å². The van der Waals surface area contributed by atoms with Gasteiger partial charge in [-0.1, -0.05) is 23.2 Å². The number of hydrogen-bond acceptors (Lipinski definition) is 2. The van der Waals surface area contributed by atoms with Crippen LogP contribution in [0.3, 0.4) is 0 Å². The lowest BCUT2D eigenvalue weighted by Gasteiger charge is -2.09. The summed E-state index contributed by atoms with van der Waals surface area (Å²) in [7, 11) is 0. The molecule has 56 valence electrons. The van der Waals surface area contributed by atoms with Crippen molar-refractivity contribution in [2.75, 3.05) is 0 Å². The summed E-state index contributed by atoms with van der Waals surface area (Å²) in [6.07, 6.45) is 3.32. The van der Waals surface area contributed by atoms with Gasteiger partial charge in [0.15, 0.2) is 5.76 Å². The molecule has 4 heteroatoms. The summed E-state index contributed by atoms with van der Waals surface area (Å²) in [5.41, 5.74) is 0. The minimum atomic E-state index is -0.944. The number of halogens is 2. The number of nitriles is 1. The molecule has 2 nitrogen and oxygen atoms in total. The lowest BCUT2D eigenvalue weighted by Crippen LogP contribution is -2.17. The second kappa shape index (κ2) is 1.94. The molecule has 2 atom stereocenters. The van der Waals surface area contributed by atoms with Gasteiger partial charge < -0.3 is 4.74 Å². The lowest BCUT2D eigenvalue weighted by molar-refractivity contribution is 0.364. The number of hydrogen-bond donors (Lipinski definition) is 0. The van der Waals surface area contributed by atoms with E-state index in [0.29, 0.717) is 10.8 Å². The van der Waals surface area contributed by atoms with E-state index in [1.807, 2.05) is 6.07 Å². The lowest BCUT2D eigenvalue weighted by atomic mass is 10.0. The van der Waals surface area contributed by atoms with E-state index in [1.54, 1.807) is 12.2 Å². The van der Waals surface area contributed by atoms with Gasteiger partial charge in [-0.05, 0) is 12.2 Å². The monoisotopic (exact) mass is 187 g/mol. The van der Waals surface area contributed by atoms with Crippen LogP contribution in [0, 0.1) is 17.2 Å². The molecule has 0 radical (unpaired) electrons. The second-order valence-electron chi connectivity index (χ2n) is 2.39. The SMILES string of the molecule is N#CC1C(Cl)=CC=C2OC21Cl. The molecule has 0 aromatic carbocycles. The van der Waals surface area contributed by atoms with Gasteiger partial charge in [0, 0.05) is 5.03 Å². The predicted octanol–water partition coefficient (Wildman–Crippen LogP) is 2.11. The zero-order valence-electron chi connectivity index (χ0n) is 5.34. The van der Waals surface area contributed by atoms with Crippen LogP contribution in [0.5, 0.6) is 0 Å². The molecule has 0 aromatic heterocycles. The van der Waals surface area contributed by atoms with E-state index >= 15 is 0 Å². The van der Waals surface area contributed by atoms with Crippen molar-refractivity contribution in [1.29, 1.82) is 5.26 Å². The van der Waals surface area contributed by atoms with Gasteiger partial charge in [-0.25, -0.2) is 0 Å². The summed E-state index contributed by atoms with van der Waals surface area (Å²) in [6.45, 7) is 0. The van der Waals surface area contributed by atoms with E-state index < -0.39 is 11.0 Å². The van der Waals surface area contributed by atoms with E-state index in [4.69, 9.17) is 33.2 Å². The minimum Gasteiger partial charge on any atom is -0.461 e. The molecule has 11 heavy (non-hydrogen) atoms. The van der Waals surface area contributed by atoms with E-state index in [9.17, 15) is 0 Å². The fourth-order valence-corrected chi connectivity index (χ4v) is 1.69. The highest BCUT2D eigenvalue weighted by Crippen LogP contribution is 2.55. The number of allylic oxidation sites excluding steroid dienone is 2. The highest BCUT2D eigenvalue weighted by Gasteiger charge is 2.60. The molecule has 1 saturated heterocycles. The average molecular weight is 188 g/mol. The maximum atomic E-state index is 8.66. The van der Waals surface area contributed by atoms with Gasteiger partial charge in [0.1, 0.15) is 5.92 Å². The van der Waals surface area contributed by atoms with E-state index in [2.05, 4.69) is 0 Å². The Morgan fingerprint density at radius 3 is 2.91 bits per heavy atom. The van der Waals surface area contributed by atoms with Crippen LogP contribution in [0.4, 0.5) is 0 Å². The Bertz CT molecular complexity index is 315. The molecule has 0 saturated carbocycles. The van der Waals surface area contributed by atoms with Gasteiger partial charge in [-0.2, -0.15) is 5.26 Å². The molecule has 0 amide bonds. The van der Waals surface area contributed by atoms with Crippen molar-refractivity contribution in [2.24, 2.45) is 5.92 Å². The Morgan fingerprint density at radius 1 is 1.64 bits per heavy atom. The highest BCUT2D eigenvalue weighted by molar-refractivity contribution is 6.33. The Kier molecular flexibility index (Phi) is 1.24. The Labute approximate surface area is 73.7 Å². The molecular weight excluding hydrogens is 185 g/mol. The molecule has 0 bridgehead atoms. The summed E-state index contributed by atoms with van der Waals surface area (Å²) in [4.78, 5) is 0. The third-order valence-corrected chi connectivity index (χ3v) is 2.55. The average Bonchev–Trinajstić information content (AvgIpc) is 2.60. The van der Waals surface area contributed by atoms with Crippen LogP contribution in [0.25, 0.3) is 0 Å². The number of fused-ring (bicyclic) bond motifs is 1. The first-order chi connectivity index (χ1) is 5.18. The molecule has 0 aromatic rings. The van der Waals surface area contributed by atoms with Crippen molar-refractivity contribution >= 4 is 23.2 Å². The molecule has 1 aliphatic carbocycles. The zero-order chi connectivity index (χ0) is 8.06. The minimum absolute atomic E-state index is 0.434.